The first-order valence-electron chi connectivity index (χ1n) is 6.19. The molecule has 1 aromatic carbocycles. The summed E-state index contributed by atoms with van der Waals surface area (Å²) in [5, 5.41) is 12.8. The maximum absolute atomic E-state index is 11.8. The lowest BCUT2D eigenvalue weighted by Crippen LogP contribution is -2.17. The number of nitrogens with one attached hydrogen (secondary N) is 1. The zero-order chi connectivity index (χ0) is 15.2. The van der Waals surface area contributed by atoms with Crippen molar-refractivity contribution in [1.29, 1.82) is 0 Å². The van der Waals surface area contributed by atoms with Gasteiger partial charge in [-0.05, 0) is 19.1 Å². The molecule has 2 rings (SSSR count). The number of rotatable bonds is 6. The number of benzene rings is 1. The zero-order valence-electron chi connectivity index (χ0n) is 11.2. The van der Waals surface area contributed by atoms with E-state index in [9.17, 15) is 4.79 Å². The molecule has 21 heavy (non-hydrogen) atoms. The Kier molecular flexibility index (Phi) is 4.89. The van der Waals surface area contributed by atoms with Gasteiger partial charge in [-0.15, -0.1) is 4.85 Å². The Balaban J connectivity index is 2.27. The van der Waals surface area contributed by atoms with Crippen LogP contribution in [0.2, 0.25) is 0 Å². The van der Waals surface area contributed by atoms with Crippen LogP contribution in [0.25, 0.3) is 0 Å². The van der Waals surface area contributed by atoms with Crippen molar-refractivity contribution in [3.8, 4) is 11.6 Å². The summed E-state index contributed by atoms with van der Waals surface area (Å²) in [5.74, 6) is 0.296. The summed E-state index contributed by atoms with van der Waals surface area (Å²) in [7, 11) is 0. The molecule has 2 aromatic rings. The van der Waals surface area contributed by atoms with Crippen LogP contribution in [0.1, 0.15) is 22.8 Å². The first-order chi connectivity index (χ1) is 10.2. The molecule has 0 bridgehead atoms. The van der Waals surface area contributed by atoms with Crippen molar-refractivity contribution in [3.63, 3.8) is 0 Å². The van der Waals surface area contributed by atoms with E-state index in [0.717, 1.165) is 0 Å². The summed E-state index contributed by atoms with van der Waals surface area (Å²) in [4.78, 5) is 14.5. The van der Waals surface area contributed by atoms with E-state index in [1.807, 2.05) is 6.92 Å². The third-order valence-corrected chi connectivity index (χ3v) is 2.85. The molecule has 7 nitrogen and oxygen atoms in total. The number of carbonyl (C=O) groups is 1. The first kappa shape index (κ1) is 15.0. The van der Waals surface area contributed by atoms with Crippen LogP contribution in [0.5, 0.6) is 11.6 Å². The van der Waals surface area contributed by atoms with Gasteiger partial charge in [-0.1, -0.05) is 11.2 Å². The van der Waals surface area contributed by atoms with E-state index < -0.39 is 5.91 Å². The van der Waals surface area contributed by atoms with E-state index >= 15 is 0 Å². The van der Waals surface area contributed by atoms with Gasteiger partial charge in [0.2, 0.25) is 5.88 Å². The molecule has 2 N–H and O–H groups in total. The molecule has 0 atom stereocenters. The molecule has 1 aromatic heterocycles. The minimum atomic E-state index is -0.454. The number of carbonyl (C=O) groups excluding carboxylic acids is 1. The Bertz CT molecular complexity index is 630. The molecule has 1 heterocycles. The molecule has 0 radical (unpaired) electrons. The van der Waals surface area contributed by atoms with E-state index in [1.165, 1.54) is 12.3 Å². The predicted octanol–water partition coefficient (Wildman–Crippen LogP) is 1.98. The van der Waals surface area contributed by atoms with Crippen LogP contribution in [0.4, 0.5) is 0 Å². The van der Waals surface area contributed by atoms with Gasteiger partial charge in [0.05, 0.1) is 18.4 Å². The Morgan fingerprint density at radius 2 is 2.24 bits per heavy atom. The highest BCUT2D eigenvalue weighted by Crippen LogP contribution is 2.24. The SMILES string of the molecule is CCOc1cccc(C(=O)NCl)c1COc1ccn(O)n1. The van der Waals surface area contributed by atoms with Gasteiger partial charge in [0, 0.05) is 23.4 Å². The van der Waals surface area contributed by atoms with E-state index in [0.29, 0.717) is 28.3 Å². The molecule has 0 saturated heterocycles. The molecule has 1 amide bonds. The summed E-state index contributed by atoms with van der Waals surface area (Å²) >= 11 is 5.38. The maximum Gasteiger partial charge on any atom is 0.266 e. The Hall–Kier alpha value is -2.41. The van der Waals surface area contributed by atoms with Crippen molar-refractivity contribution in [3.05, 3.63) is 41.6 Å². The van der Waals surface area contributed by atoms with Crippen LogP contribution in [0, 0.1) is 0 Å². The van der Waals surface area contributed by atoms with Gasteiger partial charge in [0.25, 0.3) is 5.91 Å². The maximum atomic E-state index is 11.8. The topological polar surface area (TPSA) is 85.6 Å². The molecule has 0 aliphatic heterocycles. The Labute approximate surface area is 126 Å². The van der Waals surface area contributed by atoms with Gasteiger partial charge in [-0.25, -0.2) is 0 Å². The van der Waals surface area contributed by atoms with E-state index in [2.05, 4.69) is 9.93 Å². The van der Waals surface area contributed by atoms with E-state index in [4.69, 9.17) is 26.5 Å². The summed E-state index contributed by atoms with van der Waals surface area (Å²) in [6.07, 6.45) is 1.33. The molecule has 0 unspecified atom stereocenters. The fraction of sp³-hybridized carbons (Fsp3) is 0.231. The number of amides is 1. The second kappa shape index (κ2) is 6.85. The number of nitrogens with zero attached hydrogens (tertiary/aromatic N) is 2. The molecular formula is C13H14ClN3O4. The summed E-state index contributed by atoms with van der Waals surface area (Å²) in [6, 6.07) is 6.53. The van der Waals surface area contributed by atoms with Crippen molar-refractivity contribution in [2.75, 3.05) is 6.61 Å². The first-order valence-corrected chi connectivity index (χ1v) is 6.57. The van der Waals surface area contributed by atoms with Crippen molar-refractivity contribution in [2.24, 2.45) is 0 Å². The monoisotopic (exact) mass is 311 g/mol. The minimum Gasteiger partial charge on any atom is -0.493 e. The predicted molar refractivity (Wildman–Crippen MR) is 74.7 cm³/mol. The number of aromatic nitrogens is 2. The zero-order valence-corrected chi connectivity index (χ0v) is 12.0. The summed E-state index contributed by atoms with van der Waals surface area (Å²) in [6.45, 7) is 2.34. The summed E-state index contributed by atoms with van der Waals surface area (Å²) < 4.78 is 10.9. The van der Waals surface area contributed by atoms with Crippen molar-refractivity contribution < 1.29 is 19.5 Å². The molecule has 0 spiro atoms. The van der Waals surface area contributed by atoms with Gasteiger partial charge < -0.3 is 14.7 Å². The second-order valence-corrected chi connectivity index (χ2v) is 4.19. The third kappa shape index (κ3) is 3.57. The van der Waals surface area contributed by atoms with Crippen molar-refractivity contribution in [1.82, 2.24) is 14.8 Å². The van der Waals surface area contributed by atoms with Crippen LogP contribution in [0.15, 0.2) is 30.5 Å². The smallest absolute Gasteiger partial charge is 0.266 e. The number of ether oxygens (including phenoxy) is 2. The van der Waals surface area contributed by atoms with Gasteiger partial charge in [0.1, 0.15) is 12.4 Å². The highest BCUT2D eigenvalue weighted by Gasteiger charge is 2.16. The molecule has 0 aliphatic carbocycles. The van der Waals surface area contributed by atoms with Gasteiger partial charge in [-0.3, -0.25) is 9.63 Å². The Morgan fingerprint density at radius 1 is 1.43 bits per heavy atom. The van der Waals surface area contributed by atoms with Crippen molar-refractivity contribution in [2.45, 2.75) is 13.5 Å². The minimum absolute atomic E-state index is 0.0484. The fourth-order valence-electron chi connectivity index (χ4n) is 1.79. The van der Waals surface area contributed by atoms with E-state index in [-0.39, 0.29) is 12.5 Å². The third-order valence-electron chi connectivity index (χ3n) is 2.68. The average molecular weight is 312 g/mol. The fourth-order valence-corrected chi connectivity index (χ4v) is 1.89. The van der Waals surface area contributed by atoms with Crippen LogP contribution >= 0.6 is 11.8 Å². The van der Waals surface area contributed by atoms with Crippen LogP contribution in [-0.4, -0.2) is 27.7 Å². The van der Waals surface area contributed by atoms with Gasteiger partial charge in [-0.2, -0.15) is 0 Å². The standard InChI is InChI=1S/C13H14ClN3O4/c1-2-20-11-5-3-4-9(13(18)15-14)10(11)8-21-12-6-7-17(19)16-12/h3-7,19H,2,8H2,1H3,(H,15,18). The molecule has 0 aliphatic rings. The molecule has 8 heteroatoms. The average Bonchev–Trinajstić information content (AvgIpc) is 2.91. The number of hydrogen-bond acceptors (Lipinski definition) is 5. The molecule has 112 valence electrons. The highest BCUT2D eigenvalue weighted by atomic mass is 35.5. The lowest BCUT2D eigenvalue weighted by Gasteiger charge is -2.13. The van der Waals surface area contributed by atoms with E-state index in [1.54, 1.807) is 18.2 Å². The highest BCUT2D eigenvalue weighted by molar-refractivity contribution is 6.24. The number of halogens is 1. The van der Waals surface area contributed by atoms with Crippen LogP contribution < -0.4 is 14.3 Å². The van der Waals surface area contributed by atoms with Crippen LogP contribution in [0.3, 0.4) is 0 Å². The quantitative estimate of drug-likeness (QED) is 0.629. The summed E-state index contributed by atoms with van der Waals surface area (Å²) in [5.41, 5.74) is 0.893. The van der Waals surface area contributed by atoms with Gasteiger partial charge in [0.15, 0.2) is 0 Å². The molecule has 0 fully saturated rings. The molecule has 0 saturated carbocycles. The number of hydrogen-bond donors (Lipinski definition) is 2. The molecular weight excluding hydrogens is 298 g/mol. The second-order valence-electron chi connectivity index (χ2n) is 4.00. The van der Waals surface area contributed by atoms with Crippen molar-refractivity contribution >= 4 is 17.7 Å². The van der Waals surface area contributed by atoms with Gasteiger partial charge >= 0.3 is 0 Å². The lowest BCUT2D eigenvalue weighted by atomic mass is 10.1. The Morgan fingerprint density at radius 3 is 2.86 bits per heavy atom. The van der Waals surface area contributed by atoms with Crippen LogP contribution in [-0.2, 0) is 6.61 Å². The largest absolute Gasteiger partial charge is 0.493 e. The normalized spacial score (nSPS) is 10.2. The lowest BCUT2D eigenvalue weighted by molar-refractivity contribution is 0.0978.